The number of hydrogen-bond donors (Lipinski definition) is 3. The van der Waals surface area contributed by atoms with Crippen molar-refractivity contribution >= 4 is 46.0 Å². The standard InChI is InChI=1S/C47H52N8O6/c1-4-29-23-33-35(47(2,3)44-42(43(33)58)32-9-8-28(25-48)22-36(32)50-44)24-38(29)54-15-12-30(13-16-54)53-19-17-52(18-20-53)27-41(57)49-14-21-61-39-7-5-6-31-34(39)26-55(46(31)60)37-10-11-40(56)51-45(37)59/h5-9,22-24,30,37,50H,4,10-21,26-27H2,1-3H3,(H,49,57)(H,51,56,59). The number of fused-ring (bicyclic) bond motifs is 5. The molecule has 1 unspecified atom stereocenters. The van der Waals surface area contributed by atoms with Crippen LogP contribution < -0.4 is 20.3 Å². The highest BCUT2D eigenvalue weighted by atomic mass is 16.5. The number of aryl methyl sites for hydroxylation is 1. The minimum Gasteiger partial charge on any atom is -0.491 e. The van der Waals surface area contributed by atoms with Crippen molar-refractivity contribution in [3.05, 3.63) is 93.2 Å². The Hall–Kier alpha value is -6.04. The second kappa shape index (κ2) is 16.1. The Morgan fingerprint density at radius 2 is 1.75 bits per heavy atom. The number of anilines is 1. The van der Waals surface area contributed by atoms with Crippen molar-refractivity contribution in [2.24, 2.45) is 0 Å². The quantitative estimate of drug-likeness (QED) is 0.157. The average molecular weight is 825 g/mol. The van der Waals surface area contributed by atoms with Crippen LogP contribution in [0.4, 0.5) is 5.69 Å². The number of ether oxygens (including phenoxy) is 1. The Balaban J connectivity index is 0.745. The summed E-state index contributed by atoms with van der Waals surface area (Å²) in [4.78, 5) is 76.6. The molecule has 5 aliphatic rings. The van der Waals surface area contributed by atoms with Crippen LogP contribution in [-0.4, -0.2) is 120 Å². The molecule has 5 heterocycles. The van der Waals surface area contributed by atoms with E-state index < -0.39 is 17.4 Å². The number of nitrogens with one attached hydrogen (secondary N) is 3. The molecule has 4 aromatic rings. The molecule has 4 aliphatic heterocycles. The Morgan fingerprint density at radius 3 is 2.49 bits per heavy atom. The van der Waals surface area contributed by atoms with E-state index in [4.69, 9.17) is 4.74 Å². The highest BCUT2D eigenvalue weighted by Crippen LogP contribution is 2.46. The molecule has 4 amide bonds. The van der Waals surface area contributed by atoms with Crippen molar-refractivity contribution < 1.29 is 28.7 Å². The Labute approximate surface area is 355 Å². The van der Waals surface area contributed by atoms with Gasteiger partial charge in [0.05, 0.1) is 36.8 Å². The Morgan fingerprint density at radius 1 is 0.967 bits per heavy atom. The Bertz CT molecular complexity index is 2500. The molecule has 0 saturated carbocycles. The van der Waals surface area contributed by atoms with Crippen LogP contribution in [0.25, 0.3) is 10.9 Å². The van der Waals surface area contributed by atoms with Gasteiger partial charge in [-0.2, -0.15) is 5.26 Å². The largest absolute Gasteiger partial charge is 0.491 e. The minimum absolute atomic E-state index is 0.0409. The van der Waals surface area contributed by atoms with E-state index >= 15 is 0 Å². The van der Waals surface area contributed by atoms with Crippen LogP contribution >= 0.6 is 0 Å². The molecular formula is C47H52N8O6. The van der Waals surface area contributed by atoms with E-state index in [9.17, 15) is 29.2 Å². The van der Waals surface area contributed by atoms with Crippen molar-refractivity contribution in [1.29, 1.82) is 5.26 Å². The van der Waals surface area contributed by atoms with Crippen LogP contribution in [0.3, 0.4) is 0 Å². The number of carbonyl (C=O) groups excluding carboxylic acids is 5. The number of benzene rings is 3. The number of hydrogen-bond acceptors (Lipinski definition) is 10. The van der Waals surface area contributed by atoms with Crippen LogP contribution in [0.1, 0.15) is 101 Å². The summed E-state index contributed by atoms with van der Waals surface area (Å²) in [7, 11) is 0. The molecule has 1 aliphatic carbocycles. The van der Waals surface area contributed by atoms with E-state index in [1.165, 1.54) is 16.2 Å². The summed E-state index contributed by atoms with van der Waals surface area (Å²) in [5.41, 5.74) is 7.99. The zero-order chi connectivity index (χ0) is 42.6. The molecule has 1 atom stereocenters. The highest BCUT2D eigenvalue weighted by Gasteiger charge is 2.42. The van der Waals surface area contributed by atoms with Crippen LogP contribution in [0.15, 0.2) is 48.5 Å². The number of H-pyrrole nitrogens is 1. The van der Waals surface area contributed by atoms with E-state index in [1.807, 2.05) is 12.1 Å². The summed E-state index contributed by atoms with van der Waals surface area (Å²) in [5.74, 6) is -0.495. The van der Waals surface area contributed by atoms with Crippen LogP contribution in [0, 0.1) is 11.3 Å². The van der Waals surface area contributed by atoms with Crippen LogP contribution in [-0.2, 0) is 32.8 Å². The molecule has 14 nitrogen and oxygen atoms in total. The number of nitriles is 1. The highest BCUT2D eigenvalue weighted by molar-refractivity contribution is 6.20. The lowest BCUT2D eigenvalue weighted by atomic mass is 9.70. The molecule has 316 valence electrons. The number of amides is 4. The molecule has 3 aromatic carbocycles. The summed E-state index contributed by atoms with van der Waals surface area (Å²) < 4.78 is 6.02. The van der Waals surface area contributed by atoms with Gasteiger partial charge in [0.1, 0.15) is 18.4 Å². The second-order valence-corrected chi connectivity index (χ2v) is 17.5. The lowest BCUT2D eigenvalue weighted by Crippen LogP contribution is -2.54. The van der Waals surface area contributed by atoms with Gasteiger partial charge in [-0.25, -0.2) is 0 Å². The van der Waals surface area contributed by atoms with Gasteiger partial charge in [0.15, 0.2) is 5.78 Å². The monoisotopic (exact) mass is 824 g/mol. The van der Waals surface area contributed by atoms with E-state index in [-0.39, 0.29) is 43.1 Å². The number of carbonyl (C=O) groups is 5. The summed E-state index contributed by atoms with van der Waals surface area (Å²) >= 11 is 0. The summed E-state index contributed by atoms with van der Waals surface area (Å²) in [6.07, 6.45) is 3.41. The predicted molar refractivity (Wildman–Crippen MR) is 229 cm³/mol. The molecule has 0 radical (unpaired) electrons. The van der Waals surface area contributed by atoms with Crippen LogP contribution in [0.5, 0.6) is 5.75 Å². The lowest BCUT2D eigenvalue weighted by Gasteiger charge is -2.44. The average Bonchev–Trinajstić information content (AvgIpc) is 3.83. The summed E-state index contributed by atoms with van der Waals surface area (Å²) in [5, 5.41) is 15.6. The first-order valence-electron chi connectivity index (χ1n) is 21.6. The van der Waals surface area contributed by atoms with Crippen molar-refractivity contribution in [2.75, 3.05) is 63.9 Å². The minimum atomic E-state index is -0.692. The first kappa shape index (κ1) is 40.4. The Kier molecular flexibility index (Phi) is 10.7. The molecule has 0 spiro atoms. The van der Waals surface area contributed by atoms with E-state index in [1.54, 1.807) is 24.3 Å². The lowest BCUT2D eigenvalue weighted by molar-refractivity contribution is -0.137. The van der Waals surface area contributed by atoms with Gasteiger partial charge < -0.3 is 24.8 Å². The van der Waals surface area contributed by atoms with Gasteiger partial charge in [-0.05, 0) is 73.2 Å². The number of rotatable bonds is 10. The molecule has 1 aromatic heterocycles. The van der Waals surface area contributed by atoms with Gasteiger partial charge in [0, 0.05) is 96.1 Å². The predicted octanol–water partition coefficient (Wildman–Crippen LogP) is 4.01. The molecule has 3 N–H and O–H groups in total. The van der Waals surface area contributed by atoms with E-state index in [0.717, 1.165) is 86.3 Å². The number of nitrogens with zero attached hydrogens (tertiary/aromatic N) is 5. The fourth-order valence-corrected chi connectivity index (χ4v) is 10.2. The smallest absolute Gasteiger partial charge is 0.255 e. The zero-order valence-corrected chi connectivity index (χ0v) is 35.1. The van der Waals surface area contributed by atoms with Gasteiger partial charge in [-0.15, -0.1) is 0 Å². The SMILES string of the molecule is CCc1cc2c(cc1N1CCC(N3CCN(CC(=O)NCCOc4cccc5c4CN(C4CCC(=O)NC4=O)C5=O)CC3)CC1)C(C)(C)c1[nH]c3cc(C#N)ccc3c1C2=O. The molecular weight excluding hydrogens is 773 g/mol. The number of piperazine rings is 1. The second-order valence-electron chi connectivity index (χ2n) is 17.5. The maximum atomic E-state index is 14.1. The molecule has 9 rings (SSSR count). The van der Waals surface area contributed by atoms with Gasteiger partial charge in [0.2, 0.25) is 17.7 Å². The first-order chi connectivity index (χ1) is 29.4. The van der Waals surface area contributed by atoms with Gasteiger partial charge in [-0.3, -0.25) is 39.1 Å². The third-order valence-electron chi connectivity index (χ3n) is 13.6. The van der Waals surface area contributed by atoms with Gasteiger partial charge in [0.25, 0.3) is 5.91 Å². The number of ketones is 1. The molecule has 3 fully saturated rings. The van der Waals surface area contributed by atoms with Crippen molar-refractivity contribution in [3.63, 3.8) is 0 Å². The number of piperidine rings is 2. The van der Waals surface area contributed by atoms with Crippen molar-refractivity contribution in [2.45, 2.75) is 76.9 Å². The van der Waals surface area contributed by atoms with Crippen molar-refractivity contribution in [1.82, 2.24) is 30.3 Å². The van der Waals surface area contributed by atoms with Crippen LogP contribution in [0.2, 0.25) is 0 Å². The van der Waals surface area contributed by atoms with E-state index in [0.29, 0.717) is 53.6 Å². The summed E-state index contributed by atoms with van der Waals surface area (Å²) in [6.45, 7) is 12.9. The third-order valence-corrected chi connectivity index (χ3v) is 13.6. The zero-order valence-electron chi connectivity index (χ0n) is 35.1. The molecule has 3 saturated heterocycles. The number of imide groups is 1. The normalized spacial score (nSPS) is 20.6. The fourth-order valence-electron chi connectivity index (χ4n) is 10.2. The summed E-state index contributed by atoms with van der Waals surface area (Å²) in [6, 6.07) is 17.2. The van der Waals surface area contributed by atoms with Gasteiger partial charge in [-0.1, -0.05) is 32.9 Å². The third kappa shape index (κ3) is 7.33. The van der Waals surface area contributed by atoms with E-state index in [2.05, 4.69) is 69.3 Å². The molecule has 14 heteroatoms. The first-order valence-corrected chi connectivity index (χ1v) is 21.6. The topological polar surface area (TPSA) is 171 Å². The maximum Gasteiger partial charge on any atom is 0.255 e. The van der Waals surface area contributed by atoms with Gasteiger partial charge >= 0.3 is 0 Å². The molecule has 0 bridgehead atoms. The van der Waals surface area contributed by atoms with Crippen molar-refractivity contribution in [3.8, 4) is 11.8 Å². The fraction of sp³-hybridized carbons (Fsp3) is 0.447. The maximum absolute atomic E-state index is 14.1. The number of aromatic amines is 1. The number of aromatic nitrogens is 1. The molecule has 61 heavy (non-hydrogen) atoms.